The Kier molecular flexibility index (Phi) is 2.30. The Labute approximate surface area is 99.0 Å². The van der Waals surface area contributed by atoms with Gasteiger partial charge in [-0.1, -0.05) is 18.2 Å². The summed E-state index contributed by atoms with van der Waals surface area (Å²) in [6.45, 7) is 0.582. The molecule has 1 aliphatic heterocycles. The predicted octanol–water partition coefficient (Wildman–Crippen LogP) is 1.30. The van der Waals surface area contributed by atoms with E-state index in [4.69, 9.17) is 5.73 Å². The second-order valence-electron chi connectivity index (χ2n) is 4.35. The van der Waals surface area contributed by atoms with Gasteiger partial charge in [-0.3, -0.25) is 9.78 Å². The zero-order chi connectivity index (χ0) is 11.8. The lowest BCUT2D eigenvalue weighted by molar-refractivity contribution is -0.117. The number of anilines is 1. The Hall–Kier alpha value is -1.94. The third-order valence-corrected chi connectivity index (χ3v) is 3.04. The topological polar surface area (TPSA) is 59.2 Å². The fraction of sp³-hybridized carbons (Fsp3) is 0.231. The zero-order valence-electron chi connectivity index (χ0n) is 9.34. The highest BCUT2D eigenvalue weighted by atomic mass is 16.2. The minimum absolute atomic E-state index is 0.0611. The molecule has 3 rings (SSSR count). The second kappa shape index (κ2) is 3.82. The number of rotatable bonds is 1. The van der Waals surface area contributed by atoms with Gasteiger partial charge < -0.3 is 10.6 Å². The van der Waals surface area contributed by atoms with Crippen LogP contribution in [0, 0.1) is 0 Å². The molecule has 2 heterocycles. The lowest BCUT2D eigenvalue weighted by Gasteiger charge is -2.15. The van der Waals surface area contributed by atoms with E-state index in [2.05, 4.69) is 4.98 Å². The van der Waals surface area contributed by atoms with Gasteiger partial charge >= 0.3 is 0 Å². The van der Waals surface area contributed by atoms with Crippen LogP contribution in [0.4, 0.5) is 5.69 Å². The molecule has 1 aromatic heterocycles. The van der Waals surface area contributed by atoms with E-state index in [0.29, 0.717) is 13.0 Å². The van der Waals surface area contributed by atoms with Gasteiger partial charge in [-0.05, 0) is 12.1 Å². The molecule has 0 spiro atoms. The normalized spacial score (nSPS) is 20.2. The number of pyridine rings is 1. The van der Waals surface area contributed by atoms with Gasteiger partial charge in [-0.2, -0.15) is 0 Å². The molecule has 0 radical (unpaired) electrons. The molecule has 1 atom stereocenters. The highest BCUT2D eigenvalue weighted by Crippen LogP contribution is 2.23. The molecule has 1 amide bonds. The zero-order valence-corrected chi connectivity index (χ0v) is 9.34. The first-order chi connectivity index (χ1) is 8.24. The minimum Gasteiger partial charge on any atom is -0.326 e. The molecule has 1 fully saturated rings. The fourth-order valence-electron chi connectivity index (χ4n) is 2.19. The number of aromatic nitrogens is 1. The Balaban J connectivity index is 2.03. The molecular weight excluding hydrogens is 214 g/mol. The minimum atomic E-state index is -0.0611. The Bertz CT molecular complexity index is 582. The predicted molar refractivity (Wildman–Crippen MR) is 66.7 cm³/mol. The SMILES string of the molecule is NC1CC(=O)N(c2cnc3ccccc3c2)C1. The summed E-state index contributed by atoms with van der Waals surface area (Å²) < 4.78 is 0. The highest BCUT2D eigenvalue weighted by Gasteiger charge is 2.28. The smallest absolute Gasteiger partial charge is 0.228 e. The molecule has 86 valence electrons. The van der Waals surface area contributed by atoms with Crippen LogP contribution < -0.4 is 10.6 Å². The number of nitrogens with zero attached hydrogens (tertiary/aromatic N) is 2. The molecule has 0 aliphatic carbocycles. The summed E-state index contributed by atoms with van der Waals surface area (Å²) in [5.41, 5.74) is 7.55. The standard InChI is InChI=1S/C13H13N3O/c14-10-6-13(17)16(8-10)11-5-9-3-1-2-4-12(9)15-7-11/h1-5,7,10H,6,8,14H2. The first kappa shape index (κ1) is 10.2. The molecule has 1 saturated heterocycles. The Morgan fingerprint density at radius 2 is 2.18 bits per heavy atom. The second-order valence-corrected chi connectivity index (χ2v) is 4.35. The van der Waals surface area contributed by atoms with Crippen molar-refractivity contribution in [2.45, 2.75) is 12.5 Å². The number of carbonyl (C=O) groups excluding carboxylic acids is 1. The van der Waals surface area contributed by atoms with Crippen LogP contribution in [0.3, 0.4) is 0 Å². The van der Waals surface area contributed by atoms with Gasteiger partial charge in [0.25, 0.3) is 0 Å². The maximum Gasteiger partial charge on any atom is 0.228 e. The van der Waals surface area contributed by atoms with E-state index in [1.165, 1.54) is 0 Å². The number of para-hydroxylation sites is 1. The number of hydrogen-bond donors (Lipinski definition) is 1. The van der Waals surface area contributed by atoms with E-state index in [-0.39, 0.29) is 11.9 Å². The molecule has 1 unspecified atom stereocenters. The number of carbonyl (C=O) groups is 1. The van der Waals surface area contributed by atoms with Crippen LogP contribution in [0.25, 0.3) is 10.9 Å². The third-order valence-electron chi connectivity index (χ3n) is 3.04. The number of nitrogens with two attached hydrogens (primary N) is 1. The van der Waals surface area contributed by atoms with Crippen molar-refractivity contribution in [1.29, 1.82) is 0 Å². The van der Waals surface area contributed by atoms with Crippen LogP contribution in [0.15, 0.2) is 36.5 Å². The molecule has 17 heavy (non-hydrogen) atoms. The largest absolute Gasteiger partial charge is 0.326 e. The van der Waals surface area contributed by atoms with Crippen molar-refractivity contribution in [3.8, 4) is 0 Å². The van der Waals surface area contributed by atoms with E-state index in [1.54, 1.807) is 11.1 Å². The number of fused-ring (bicyclic) bond motifs is 1. The van der Waals surface area contributed by atoms with Gasteiger partial charge in [0.1, 0.15) is 0 Å². The summed E-state index contributed by atoms with van der Waals surface area (Å²) in [5, 5.41) is 1.04. The van der Waals surface area contributed by atoms with Crippen molar-refractivity contribution in [1.82, 2.24) is 4.98 Å². The third kappa shape index (κ3) is 1.76. The summed E-state index contributed by atoms with van der Waals surface area (Å²) in [6, 6.07) is 9.78. The van der Waals surface area contributed by atoms with E-state index in [9.17, 15) is 4.79 Å². The molecule has 1 aliphatic rings. The lowest BCUT2D eigenvalue weighted by Crippen LogP contribution is -2.27. The average Bonchev–Trinajstić information content (AvgIpc) is 2.68. The van der Waals surface area contributed by atoms with Gasteiger partial charge in [0, 0.05) is 24.4 Å². The van der Waals surface area contributed by atoms with Crippen molar-refractivity contribution < 1.29 is 4.79 Å². The van der Waals surface area contributed by atoms with Gasteiger partial charge in [0.2, 0.25) is 5.91 Å². The Morgan fingerprint density at radius 3 is 2.94 bits per heavy atom. The summed E-state index contributed by atoms with van der Waals surface area (Å²) in [4.78, 5) is 17.8. The van der Waals surface area contributed by atoms with E-state index < -0.39 is 0 Å². The van der Waals surface area contributed by atoms with Crippen LogP contribution in [-0.2, 0) is 4.79 Å². The van der Waals surface area contributed by atoms with E-state index >= 15 is 0 Å². The fourth-order valence-corrected chi connectivity index (χ4v) is 2.19. The van der Waals surface area contributed by atoms with Crippen LogP contribution in [0.1, 0.15) is 6.42 Å². The van der Waals surface area contributed by atoms with Crippen LogP contribution in [-0.4, -0.2) is 23.5 Å². The van der Waals surface area contributed by atoms with Crippen LogP contribution in [0.5, 0.6) is 0 Å². The Morgan fingerprint density at radius 1 is 1.35 bits per heavy atom. The molecule has 1 aromatic carbocycles. The lowest BCUT2D eigenvalue weighted by atomic mass is 10.2. The first-order valence-electron chi connectivity index (χ1n) is 5.65. The molecule has 0 bridgehead atoms. The molecule has 4 heteroatoms. The van der Waals surface area contributed by atoms with Gasteiger partial charge in [0.05, 0.1) is 17.4 Å². The summed E-state index contributed by atoms with van der Waals surface area (Å²) in [5.74, 6) is 0.0783. The quantitative estimate of drug-likeness (QED) is 0.798. The maximum atomic E-state index is 11.7. The van der Waals surface area contributed by atoms with E-state index in [1.807, 2.05) is 30.3 Å². The molecule has 2 aromatic rings. The van der Waals surface area contributed by atoms with Crippen molar-refractivity contribution in [2.24, 2.45) is 5.73 Å². The van der Waals surface area contributed by atoms with Gasteiger partial charge in [0.15, 0.2) is 0 Å². The van der Waals surface area contributed by atoms with Gasteiger partial charge in [-0.15, -0.1) is 0 Å². The van der Waals surface area contributed by atoms with E-state index in [0.717, 1.165) is 16.6 Å². The first-order valence-corrected chi connectivity index (χ1v) is 5.65. The molecule has 0 saturated carbocycles. The van der Waals surface area contributed by atoms with Crippen LogP contribution >= 0.6 is 0 Å². The summed E-state index contributed by atoms with van der Waals surface area (Å²) >= 11 is 0. The number of amides is 1. The van der Waals surface area contributed by atoms with Gasteiger partial charge in [-0.25, -0.2) is 0 Å². The van der Waals surface area contributed by atoms with Crippen molar-refractivity contribution in [3.63, 3.8) is 0 Å². The molecular formula is C13H13N3O. The van der Waals surface area contributed by atoms with Crippen molar-refractivity contribution in [3.05, 3.63) is 36.5 Å². The van der Waals surface area contributed by atoms with Crippen molar-refractivity contribution >= 4 is 22.5 Å². The number of hydrogen-bond acceptors (Lipinski definition) is 3. The summed E-state index contributed by atoms with van der Waals surface area (Å²) in [6.07, 6.45) is 2.16. The van der Waals surface area contributed by atoms with Crippen molar-refractivity contribution in [2.75, 3.05) is 11.4 Å². The average molecular weight is 227 g/mol. The monoisotopic (exact) mass is 227 g/mol. The highest BCUT2D eigenvalue weighted by molar-refractivity contribution is 5.97. The molecule has 4 nitrogen and oxygen atoms in total. The number of benzene rings is 1. The molecule has 2 N–H and O–H groups in total. The van der Waals surface area contributed by atoms with Crippen LogP contribution in [0.2, 0.25) is 0 Å². The maximum absolute atomic E-state index is 11.7. The summed E-state index contributed by atoms with van der Waals surface area (Å²) in [7, 11) is 0.